The average molecular weight is 351 g/mol. The van der Waals surface area contributed by atoms with E-state index in [1.54, 1.807) is 6.92 Å². The third kappa shape index (κ3) is 3.80. The van der Waals surface area contributed by atoms with Crippen LogP contribution in [0.3, 0.4) is 0 Å². The molecule has 0 aliphatic rings. The molecule has 0 saturated heterocycles. The molecule has 0 fully saturated rings. The highest BCUT2D eigenvalue weighted by Crippen LogP contribution is 2.22. The SMILES string of the molecule is COC(=O)c1ccc(C(=O)OCc2nc(-c3ccccc3)oc2C)cc1. The number of carbonyl (C=O) groups is 2. The molecule has 2 aromatic carbocycles. The van der Waals surface area contributed by atoms with Gasteiger partial charge in [-0.05, 0) is 43.3 Å². The molecule has 0 atom stereocenters. The van der Waals surface area contributed by atoms with Crippen LogP contribution in [-0.4, -0.2) is 24.0 Å². The second kappa shape index (κ2) is 7.65. The highest BCUT2D eigenvalue weighted by Gasteiger charge is 2.15. The number of methoxy groups -OCH3 is 1. The standard InChI is InChI=1S/C20H17NO5/c1-13-17(21-18(26-13)14-6-4-3-5-7-14)12-25-20(23)16-10-8-15(9-11-16)19(22)24-2/h3-11H,12H2,1-2H3. The number of nitrogens with zero attached hydrogens (tertiary/aromatic N) is 1. The van der Waals surface area contributed by atoms with Crippen molar-refractivity contribution >= 4 is 11.9 Å². The Balaban J connectivity index is 1.66. The predicted molar refractivity (Wildman–Crippen MR) is 93.6 cm³/mol. The minimum atomic E-state index is -0.509. The molecule has 132 valence electrons. The minimum Gasteiger partial charge on any atom is -0.465 e. The average Bonchev–Trinajstić information content (AvgIpc) is 3.07. The number of carbonyl (C=O) groups excluding carboxylic acids is 2. The molecule has 6 heteroatoms. The van der Waals surface area contributed by atoms with Gasteiger partial charge in [0.25, 0.3) is 0 Å². The van der Waals surface area contributed by atoms with Gasteiger partial charge in [0.05, 0.1) is 18.2 Å². The highest BCUT2D eigenvalue weighted by atomic mass is 16.5. The Labute approximate surface area is 150 Å². The van der Waals surface area contributed by atoms with E-state index in [1.165, 1.54) is 31.4 Å². The predicted octanol–water partition coefficient (Wildman–Crippen LogP) is 3.79. The van der Waals surface area contributed by atoms with Crippen LogP contribution in [-0.2, 0) is 16.1 Å². The zero-order valence-corrected chi connectivity index (χ0v) is 14.4. The van der Waals surface area contributed by atoms with Gasteiger partial charge in [-0.25, -0.2) is 14.6 Å². The summed E-state index contributed by atoms with van der Waals surface area (Å²) in [5.41, 5.74) is 2.11. The van der Waals surface area contributed by atoms with Gasteiger partial charge in [-0.1, -0.05) is 18.2 Å². The normalized spacial score (nSPS) is 10.4. The van der Waals surface area contributed by atoms with Crippen molar-refractivity contribution in [1.82, 2.24) is 4.98 Å². The molecule has 0 radical (unpaired) electrons. The summed E-state index contributed by atoms with van der Waals surface area (Å²) in [5.74, 6) is 0.107. The van der Waals surface area contributed by atoms with Crippen molar-refractivity contribution in [2.45, 2.75) is 13.5 Å². The maximum Gasteiger partial charge on any atom is 0.338 e. The van der Waals surface area contributed by atoms with Gasteiger partial charge >= 0.3 is 11.9 Å². The number of ether oxygens (including phenoxy) is 2. The molecule has 0 amide bonds. The fraction of sp³-hybridized carbons (Fsp3) is 0.150. The third-order valence-corrected chi connectivity index (χ3v) is 3.80. The van der Waals surface area contributed by atoms with E-state index >= 15 is 0 Å². The first-order valence-corrected chi connectivity index (χ1v) is 7.95. The molecular weight excluding hydrogens is 334 g/mol. The van der Waals surface area contributed by atoms with Gasteiger partial charge in [0.1, 0.15) is 18.1 Å². The number of esters is 2. The van der Waals surface area contributed by atoms with Crippen molar-refractivity contribution in [1.29, 1.82) is 0 Å². The van der Waals surface area contributed by atoms with Gasteiger partial charge < -0.3 is 13.9 Å². The Bertz CT molecular complexity index is 913. The maximum atomic E-state index is 12.2. The Morgan fingerprint density at radius 3 is 2.19 bits per heavy atom. The fourth-order valence-corrected chi connectivity index (χ4v) is 2.34. The van der Waals surface area contributed by atoms with Crippen LogP contribution in [0.5, 0.6) is 0 Å². The second-order valence-electron chi connectivity index (χ2n) is 5.53. The molecule has 1 aromatic heterocycles. The van der Waals surface area contributed by atoms with Crippen LogP contribution in [0, 0.1) is 6.92 Å². The van der Waals surface area contributed by atoms with E-state index in [0.29, 0.717) is 28.5 Å². The van der Waals surface area contributed by atoms with Crippen LogP contribution in [0.1, 0.15) is 32.2 Å². The van der Waals surface area contributed by atoms with Gasteiger partial charge in [0.2, 0.25) is 5.89 Å². The fourth-order valence-electron chi connectivity index (χ4n) is 2.34. The summed E-state index contributed by atoms with van der Waals surface area (Å²) in [4.78, 5) is 28.0. The molecule has 0 unspecified atom stereocenters. The van der Waals surface area contributed by atoms with Crippen LogP contribution >= 0.6 is 0 Å². The van der Waals surface area contributed by atoms with Crippen LogP contribution in [0.4, 0.5) is 0 Å². The van der Waals surface area contributed by atoms with E-state index in [4.69, 9.17) is 9.15 Å². The van der Waals surface area contributed by atoms with Gasteiger partial charge in [-0.2, -0.15) is 0 Å². The second-order valence-corrected chi connectivity index (χ2v) is 5.53. The first-order chi connectivity index (χ1) is 12.6. The topological polar surface area (TPSA) is 78.6 Å². The number of hydrogen-bond donors (Lipinski definition) is 0. The Kier molecular flexibility index (Phi) is 5.12. The molecule has 0 N–H and O–H groups in total. The quantitative estimate of drug-likeness (QED) is 0.651. The van der Waals surface area contributed by atoms with Gasteiger partial charge in [0, 0.05) is 5.56 Å². The van der Waals surface area contributed by atoms with E-state index in [0.717, 1.165) is 5.56 Å². The minimum absolute atomic E-state index is 0.000245. The molecule has 6 nitrogen and oxygen atoms in total. The van der Waals surface area contributed by atoms with E-state index < -0.39 is 11.9 Å². The lowest BCUT2D eigenvalue weighted by atomic mass is 10.1. The van der Waals surface area contributed by atoms with Crippen LogP contribution < -0.4 is 0 Å². The molecule has 0 aliphatic heterocycles. The zero-order chi connectivity index (χ0) is 18.5. The molecule has 26 heavy (non-hydrogen) atoms. The van der Waals surface area contributed by atoms with E-state index in [9.17, 15) is 9.59 Å². The van der Waals surface area contributed by atoms with Crippen molar-refractivity contribution in [3.05, 3.63) is 77.2 Å². The summed E-state index contributed by atoms with van der Waals surface area (Å²) in [7, 11) is 1.30. The number of hydrogen-bond acceptors (Lipinski definition) is 6. The van der Waals surface area contributed by atoms with E-state index in [-0.39, 0.29) is 6.61 Å². The summed E-state index contributed by atoms with van der Waals surface area (Å²) in [6.45, 7) is 1.77. The van der Waals surface area contributed by atoms with E-state index in [2.05, 4.69) is 9.72 Å². The van der Waals surface area contributed by atoms with Crippen molar-refractivity contribution in [2.24, 2.45) is 0 Å². The number of aromatic nitrogens is 1. The monoisotopic (exact) mass is 351 g/mol. The number of oxazole rings is 1. The van der Waals surface area contributed by atoms with Crippen LogP contribution in [0.15, 0.2) is 59.0 Å². The summed E-state index contributed by atoms with van der Waals surface area (Å²) in [6.07, 6.45) is 0. The molecule has 3 aromatic rings. The Hall–Kier alpha value is -3.41. The summed E-state index contributed by atoms with van der Waals surface area (Å²) in [5, 5.41) is 0. The molecule has 3 rings (SSSR count). The lowest BCUT2D eigenvalue weighted by molar-refractivity contribution is 0.0465. The van der Waals surface area contributed by atoms with Crippen molar-refractivity contribution in [2.75, 3.05) is 7.11 Å². The number of benzene rings is 2. The smallest absolute Gasteiger partial charge is 0.338 e. The summed E-state index contributed by atoms with van der Waals surface area (Å²) >= 11 is 0. The molecule has 0 bridgehead atoms. The number of aryl methyl sites for hydroxylation is 1. The highest BCUT2D eigenvalue weighted by molar-refractivity contribution is 5.93. The lowest BCUT2D eigenvalue weighted by Gasteiger charge is -2.04. The Morgan fingerprint density at radius 1 is 0.962 bits per heavy atom. The lowest BCUT2D eigenvalue weighted by Crippen LogP contribution is -2.07. The van der Waals surface area contributed by atoms with Crippen molar-refractivity contribution < 1.29 is 23.5 Å². The third-order valence-electron chi connectivity index (χ3n) is 3.80. The molecule has 1 heterocycles. The van der Waals surface area contributed by atoms with Crippen molar-refractivity contribution in [3.63, 3.8) is 0 Å². The maximum absolute atomic E-state index is 12.2. The van der Waals surface area contributed by atoms with Crippen LogP contribution in [0.25, 0.3) is 11.5 Å². The first-order valence-electron chi connectivity index (χ1n) is 7.95. The van der Waals surface area contributed by atoms with E-state index in [1.807, 2.05) is 30.3 Å². The van der Waals surface area contributed by atoms with Gasteiger partial charge in [-0.3, -0.25) is 0 Å². The first kappa shape index (κ1) is 17.4. The molecule has 0 saturated carbocycles. The Morgan fingerprint density at radius 2 is 1.58 bits per heavy atom. The molecule has 0 aliphatic carbocycles. The zero-order valence-electron chi connectivity index (χ0n) is 14.4. The molecular formula is C20H17NO5. The summed E-state index contributed by atoms with van der Waals surface area (Å²) in [6, 6.07) is 15.5. The van der Waals surface area contributed by atoms with Gasteiger partial charge in [-0.15, -0.1) is 0 Å². The van der Waals surface area contributed by atoms with Crippen molar-refractivity contribution in [3.8, 4) is 11.5 Å². The summed E-state index contributed by atoms with van der Waals surface area (Å²) < 4.78 is 15.6. The van der Waals surface area contributed by atoms with Crippen LogP contribution in [0.2, 0.25) is 0 Å². The largest absolute Gasteiger partial charge is 0.465 e. The van der Waals surface area contributed by atoms with Gasteiger partial charge in [0.15, 0.2) is 0 Å². The molecule has 0 spiro atoms. The number of rotatable bonds is 5.